The summed E-state index contributed by atoms with van der Waals surface area (Å²) in [6, 6.07) is 8.78. The van der Waals surface area contributed by atoms with Crippen LogP contribution in [-0.4, -0.2) is 18.2 Å². The molecule has 0 radical (unpaired) electrons. The van der Waals surface area contributed by atoms with Gasteiger partial charge in [-0.15, -0.1) is 0 Å². The highest BCUT2D eigenvalue weighted by atomic mass is 16.5. The summed E-state index contributed by atoms with van der Waals surface area (Å²) in [5.74, 6) is -0.504. The number of fused-ring (bicyclic) bond motifs is 2. The maximum Gasteiger partial charge on any atom is 0.337 e. The fourth-order valence-electron chi connectivity index (χ4n) is 2.09. The van der Waals surface area contributed by atoms with Crippen molar-refractivity contribution < 1.29 is 19.1 Å². The van der Waals surface area contributed by atoms with Gasteiger partial charge < -0.3 is 14.3 Å². The summed E-state index contributed by atoms with van der Waals surface area (Å²) in [5, 5.41) is 10.1. The van der Waals surface area contributed by atoms with Crippen LogP contribution in [0.1, 0.15) is 10.4 Å². The largest absolute Gasteiger partial charge is 0.508 e. The Labute approximate surface area is 113 Å². The molecule has 0 aliphatic rings. The van der Waals surface area contributed by atoms with Gasteiger partial charge in [0.15, 0.2) is 0 Å². The molecule has 5 nitrogen and oxygen atoms in total. The van der Waals surface area contributed by atoms with E-state index in [-0.39, 0.29) is 11.2 Å². The Balaban J connectivity index is 2.38. The van der Waals surface area contributed by atoms with E-state index in [4.69, 9.17) is 4.42 Å². The van der Waals surface area contributed by atoms with Crippen LogP contribution in [0, 0.1) is 0 Å². The van der Waals surface area contributed by atoms with Crippen molar-refractivity contribution >= 4 is 27.9 Å². The zero-order chi connectivity index (χ0) is 14.3. The van der Waals surface area contributed by atoms with E-state index in [9.17, 15) is 14.7 Å². The van der Waals surface area contributed by atoms with Gasteiger partial charge in [-0.2, -0.15) is 0 Å². The van der Waals surface area contributed by atoms with Gasteiger partial charge in [-0.05, 0) is 36.4 Å². The first-order valence-corrected chi connectivity index (χ1v) is 5.88. The molecule has 3 rings (SSSR count). The van der Waals surface area contributed by atoms with E-state index < -0.39 is 5.97 Å². The molecule has 0 atom stereocenters. The molecule has 3 aromatic rings. The molecule has 0 unspecified atom stereocenters. The quantitative estimate of drug-likeness (QED) is 0.543. The van der Waals surface area contributed by atoms with Crippen molar-refractivity contribution in [2.45, 2.75) is 0 Å². The van der Waals surface area contributed by atoms with Crippen LogP contribution in [0.3, 0.4) is 0 Å². The molecule has 0 saturated heterocycles. The van der Waals surface area contributed by atoms with Gasteiger partial charge in [-0.3, -0.25) is 4.79 Å². The minimum atomic E-state index is -0.500. The number of benzene rings is 2. The number of phenols is 1. The second-order valence-corrected chi connectivity index (χ2v) is 4.31. The molecule has 1 N–H and O–H groups in total. The van der Waals surface area contributed by atoms with Gasteiger partial charge in [0.1, 0.15) is 16.9 Å². The molecule has 20 heavy (non-hydrogen) atoms. The second kappa shape index (κ2) is 4.38. The smallest absolute Gasteiger partial charge is 0.337 e. The number of aromatic hydroxyl groups is 1. The van der Waals surface area contributed by atoms with Crippen LogP contribution in [-0.2, 0) is 4.74 Å². The molecule has 2 aromatic carbocycles. The second-order valence-electron chi connectivity index (χ2n) is 4.31. The Bertz CT molecular complexity index is 892. The highest BCUT2D eigenvalue weighted by Gasteiger charge is 2.12. The summed E-state index contributed by atoms with van der Waals surface area (Å²) in [5.41, 5.74) is 0.702. The Kier molecular flexibility index (Phi) is 2.68. The zero-order valence-electron chi connectivity index (χ0n) is 10.5. The van der Waals surface area contributed by atoms with Crippen molar-refractivity contribution in [1.29, 1.82) is 0 Å². The van der Waals surface area contributed by atoms with Crippen molar-refractivity contribution in [1.82, 2.24) is 0 Å². The summed E-state index contributed by atoms with van der Waals surface area (Å²) >= 11 is 0. The Morgan fingerprint density at radius 2 is 1.90 bits per heavy atom. The highest BCUT2D eigenvalue weighted by molar-refractivity contribution is 5.96. The maximum absolute atomic E-state index is 12.3. The summed E-state index contributed by atoms with van der Waals surface area (Å²) < 4.78 is 10.2. The topological polar surface area (TPSA) is 76.7 Å². The van der Waals surface area contributed by atoms with Crippen LogP contribution in [0.15, 0.2) is 45.6 Å². The average molecular weight is 270 g/mol. The third kappa shape index (κ3) is 1.80. The summed E-state index contributed by atoms with van der Waals surface area (Å²) in [6.07, 6.45) is 0. The fraction of sp³-hybridized carbons (Fsp3) is 0.0667. The number of phenolic OH excluding ortho intramolecular Hbond substituents is 1. The molecule has 1 aromatic heterocycles. The van der Waals surface area contributed by atoms with Gasteiger partial charge in [-0.25, -0.2) is 4.79 Å². The van der Waals surface area contributed by atoms with Crippen LogP contribution in [0.5, 0.6) is 5.75 Å². The minimum absolute atomic E-state index is 0.00432. The predicted octanol–water partition coefficient (Wildman–Crippen LogP) is 2.44. The van der Waals surface area contributed by atoms with E-state index in [0.717, 1.165) is 0 Å². The van der Waals surface area contributed by atoms with E-state index >= 15 is 0 Å². The molecular weight excluding hydrogens is 260 g/mol. The van der Waals surface area contributed by atoms with Crippen molar-refractivity contribution in [3.8, 4) is 5.75 Å². The van der Waals surface area contributed by atoms with Gasteiger partial charge in [0.25, 0.3) is 0 Å². The van der Waals surface area contributed by atoms with Gasteiger partial charge in [0.2, 0.25) is 5.43 Å². The van der Waals surface area contributed by atoms with E-state index in [1.165, 1.54) is 43.5 Å². The van der Waals surface area contributed by atoms with Gasteiger partial charge >= 0.3 is 5.97 Å². The Morgan fingerprint density at radius 1 is 1.10 bits per heavy atom. The van der Waals surface area contributed by atoms with Gasteiger partial charge in [0.05, 0.1) is 23.4 Å². The fourth-order valence-corrected chi connectivity index (χ4v) is 2.09. The number of rotatable bonds is 1. The normalized spacial score (nSPS) is 10.8. The third-order valence-electron chi connectivity index (χ3n) is 3.08. The van der Waals surface area contributed by atoms with E-state index in [1.807, 2.05) is 0 Å². The summed E-state index contributed by atoms with van der Waals surface area (Å²) in [4.78, 5) is 23.8. The molecular formula is C15H10O5. The van der Waals surface area contributed by atoms with Crippen LogP contribution in [0.2, 0.25) is 0 Å². The van der Waals surface area contributed by atoms with E-state index in [0.29, 0.717) is 27.5 Å². The first kappa shape index (κ1) is 12.2. The maximum atomic E-state index is 12.3. The lowest BCUT2D eigenvalue weighted by Gasteiger charge is -2.04. The zero-order valence-corrected chi connectivity index (χ0v) is 10.5. The number of carbonyl (C=O) groups excluding carboxylic acids is 1. The molecule has 0 aliphatic carbocycles. The van der Waals surface area contributed by atoms with Gasteiger partial charge in [-0.1, -0.05) is 0 Å². The Hall–Kier alpha value is -2.82. The van der Waals surface area contributed by atoms with E-state index in [1.54, 1.807) is 0 Å². The lowest BCUT2D eigenvalue weighted by Crippen LogP contribution is -2.05. The average Bonchev–Trinajstić information content (AvgIpc) is 2.47. The van der Waals surface area contributed by atoms with Crippen LogP contribution in [0.25, 0.3) is 21.9 Å². The standard InChI is InChI=1S/C15H10O5/c1-19-15(18)8-2-4-10-13(6-8)20-12-5-3-9(16)7-11(12)14(10)17/h2-7,16H,1H3. The first-order chi connectivity index (χ1) is 9.60. The molecule has 0 bridgehead atoms. The lowest BCUT2D eigenvalue weighted by molar-refractivity contribution is 0.0601. The molecule has 0 saturated carbocycles. The minimum Gasteiger partial charge on any atom is -0.508 e. The summed E-state index contributed by atoms with van der Waals surface area (Å²) in [7, 11) is 1.28. The van der Waals surface area contributed by atoms with E-state index in [2.05, 4.69) is 4.74 Å². The third-order valence-corrected chi connectivity index (χ3v) is 3.08. The molecule has 0 amide bonds. The van der Waals surface area contributed by atoms with Crippen molar-refractivity contribution in [2.75, 3.05) is 7.11 Å². The van der Waals surface area contributed by atoms with Crippen molar-refractivity contribution in [3.05, 3.63) is 52.2 Å². The molecule has 1 heterocycles. The Morgan fingerprint density at radius 3 is 2.65 bits per heavy atom. The van der Waals surface area contributed by atoms with Crippen LogP contribution in [0.4, 0.5) is 0 Å². The monoisotopic (exact) mass is 270 g/mol. The van der Waals surface area contributed by atoms with Gasteiger partial charge in [0, 0.05) is 0 Å². The predicted molar refractivity (Wildman–Crippen MR) is 73.0 cm³/mol. The number of ether oxygens (including phenoxy) is 1. The summed E-state index contributed by atoms with van der Waals surface area (Å²) in [6.45, 7) is 0. The molecule has 0 spiro atoms. The molecule has 0 aliphatic heterocycles. The number of carbonyl (C=O) groups is 1. The molecule has 5 heteroatoms. The van der Waals surface area contributed by atoms with Crippen LogP contribution < -0.4 is 5.43 Å². The number of methoxy groups -OCH3 is 1. The number of hydrogen-bond acceptors (Lipinski definition) is 5. The van der Waals surface area contributed by atoms with Crippen LogP contribution >= 0.6 is 0 Å². The number of hydrogen-bond donors (Lipinski definition) is 1. The number of esters is 1. The highest BCUT2D eigenvalue weighted by Crippen LogP contribution is 2.22. The van der Waals surface area contributed by atoms with Crippen molar-refractivity contribution in [2.24, 2.45) is 0 Å². The first-order valence-electron chi connectivity index (χ1n) is 5.88. The van der Waals surface area contributed by atoms with Crippen molar-refractivity contribution in [3.63, 3.8) is 0 Å². The lowest BCUT2D eigenvalue weighted by atomic mass is 10.1. The molecule has 100 valence electrons. The molecule has 0 fully saturated rings. The SMILES string of the molecule is COC(=O)c1ccc2c(=O)c3cc(O)ccc3oc2c1.